The highest BCUT2D eigenvalue weighted by Crippen LogP contribution is 2.17. The number of nitriles is 1. The first-order valence-corrected chi connectivity index (χ1v) is 10.3. The van der Waals surface area contributed by atoms with Gasteiger partial charge in [0.2, 0.25) is 0 Å². The number of carbonyl (C=O) groups is 2. The summed E-state index contributed by atoms with van der Waals surface area (Å²) in [5.74, 6) is -1.52. The molecule has 1 fully saturated rings. The van der Waals surface area contributed by atoms with Crippen LogP contribution in [0.5, 0.6) is 0 Å². The maximum atomic E-state index is 12.5. The second-order valence-electron chi connectivity index (χ2n) is 7.63. The zero-order valence-corrected chi connectivity index (χ0v) is 17.9. The summed E-state index contributed by atoms with van der Waals surface area (Å²) < 4.78 is 5.48. The van der Waals surface area contributed by atoms with E-state index >= 15 is 0 Å². The summed E-state index contributed by atoms with van der Waals surface area (Å²) in [5, 5.41) is 14.4. The number of anilines is 2. The topological polar surface area (TPSA) is 98.9 Å². The smallest absolute Gasteiger partial charge is 0.313 e. The number of ether oxygens (including phenoxy) is 1. The molecule has 1 saturated heterocycles. The van der Waals surface area contributed by atoms with Crippen LogP contribution in [0.4, 0.5) is 11.4 Å². The zero-order valence-electron chi connectivity index (χ0n) is 17.9. The number of nitrogens with zero attached hydrogens (tertiary/aromatic N) is 2. The van der Waals surface area contributed by atoms with Gasteiger partial charge in [0.05, 0.1) is 31.0 Å². The summed E-state index contributed by atoms with van der Waals surface area (Å²) >= 11 is 0. The summed E-state index contributed by atoms with van der Waals surface area (Å²) in [7, 11) is 3.98. The van der Waals surface area contributed by atoms with Crippen molar-refractivity contribution in [1.82, 2.24) is 5.32 Å². The SMILES string of the molecule is CN(C)c1ccc([C@H](CNC(=O)C(=O)Nc2ccccc2C#N)[NH+]2CCOCC2)cc1. The molecule has 1 heterocycles. The number of nitrogens with one attached hydrogen (secondary N) is 3. The van der Waals surface area contributed by atoms with Crippen molar-refractivity contribution in [3.05, 3.63) is 59.7 Å². The Balaban J connectivity index is 1.68. The summed E-state index contributed by atoms with van der Waals surface area (Å²) in [6.07, 6.45) is 0. The quantitative estimate of drug-likeness (QED) is 0.583. The minimum absolute atomic E-state index is 0.00302. The van der Waals surface area contributed by atoms with Crippen LogP contribution in [-0.4, -0.2) is 58.8 Å². The van der Waals surface area contributed by atoms with Crippen molar-refractivity contribution in [2.75, 3.05) is 57.2 Å². The fourth-order valence-electron chi connectivity index (χ4n) is 3.63. The van der Waals surface area contributed by atoms with E-state index in [2.05, 4.69) is 34.9 Å². The fraction of sp³-hybridized carbons (Fsp3) is 0.348. The van der Waals surface area contributed by atoms with Crippen LogP contribution < -0.4 is 20.4 Å². The first-order valence-electron chi connectivity index (χ1n) is 10.3. The van der Waals surface area contributed by atoms with Crippen molar-refractivity contribution in [2.24, 2.45) is 0 Å². The van der Waals surface area contributed by atoms with Gasteiger partial charge in [0.25, 0.3) is 0 Å². The highest BCUT2D eigenvalue weighted by Gasteiger charge is 2.28. The zero-order chi connectivity index (χ0) is 22.2. The van der Waals surface area contributed by atoms with Crippen molar-refractivity contribution >= 4 is 23.2 Å². The Morgan fingerprint density at radius 3 is 2.42 bits per heavy atom. The highest BCUT2D eigenvalue weighted by atomic mass is 16.5. The Morgan fingerprint density at radius 2 is 1.77 bits per heavy atom. The van der Waals surface area contributed by atoms with Crippen LogP contribution in [0.25, 0.3) is 0 Å². The van der Waals surface area contributed by atoms with E-state index in [0.29, 0.717) is 31.0 Å². The molecule has 3 N–H and O–H groups in total. The van der Waals surface area contributed by atoms with Crippen molar-refractivity contribution in [1.29, 1.82) is 5.26 Å². The van der Waals surface area contributed by atoms with Crippen LogP contribution in [0.3, 0.4) is 0 Å². The minimum Gasteiger partial charge on any atom is -0.378 e. The van der Waals surface area contributed by atoms with Crippen LogP contribution in [0.1, 0.15) is 17.2 Å². The van der Waals surface area contributed by atoms with Crippen molar-refractivity contribution in [3.8, 4) is 6.07 Å². The van der Waals surface area contributed by atoms with Gasteiger partial charge in [-0.05, 0) is 24.3 Å². The first-order chi connectivity index (χ1) is 15.0. The number of amides is 2. The standard InChI is InChI=1S/C23H27N5O3/c1-27(2)19-9-7-17(8-10-19)21(28-11-13-31-14-12-28)16-25-22(29)23(30)26-20-6-4-3-5-18(20)15-24/h3-10,21H,11-14,16H2,1-2H3,(H,25,29)(H,26,30)/p+1/t21-/m0/s1. The third kappa shape index (κ3) is 5.81. The van der Waals surface area contributed by atoms with Crippen LogP contribution >= 0.6 is 0 Å². The molecule has 0 radical (unpaired) electrons. The van der Waals surface area contributed by atoms with E-state index in [1.54, 1.807) is 24.3 Å². The molecule has 0 unspecified atom stereocenters. The maximum absolute atomic E-state index is 12.5. The van der Waals surface area contributed by atoms with Gasteiger partial charge in [-0.1, -0.05) is 24.3 Å². The molecular formula is C23H28N5O3+. The second kappa shape index (κ2) is 10.6. The van der Waals surface area contributed by atoms with Crippen LogP contribution in [0, 0.1) is 11.3 Å². The van der Waals surface area contributed by atoms with Gasteiger partial charge in [0.15, 0.2) is 0 Å². The first kappa shape index (κ1) is 22.3. The molecule has 3 rings (SSSR count). The lowest BCUT2D eigenvalue weighted by Crippen LogP contribution is -3.15. The normalized spacial score (nSPS) is 14.9. The molecule has 8 heteroatoms. The average molecular weight is 423 g/mol. The maximum Gasteiger partial charge on any atom is 0.313 e. The lowest BCUT2D eigenvalue weighted by molar-refractivity contribution is -0.937. The lowest BCUT2D eigenvalue weighted by atomic mass is 10.0. The molecule has 0 bridgehead atoms. The van der Waals surface area contributed by atoms with Crippen LogP contribution in [0.15, 0.2) is 48.5 Å². The number of carbonyl (C=O) groups excluding carboxylic acids is 2. The monoisotopic (exact) mass is 422 g/mol. The van der Waals surface area contributed by atoms with Crippen molar-refractivity contribution in [3.63, 3.8) is 0 Å². The van der Waals surface area contributed by atoms with Gasteiger partial charge in [0, 0.05) is 25.3 Å². The minimum atomic E-state index is -0.790. The second-order valence-corrected chi connectivity index (χ2v) is 7.63. The molecule has 162 valence electrons. The van der Waals surface area contributed by atoms with Gasteiger partial charge in [-0.15, -0.1) is 0 Å². The van der Waals surface area contributed by atoms with Gasteiger partial charge in [-0.2, -0.15) is 5.26 Å². The summed E-state index contributed by atoms with van der Waals surface area (Å²) in [5.41, 5.74) is 2.82. The fourth-order valence-corrected chi connectivity index (χ4v) is 3.63. The molecule has 0 aliphatic carbocycles. The predicted octanol–water partition coefficient (Wildman–Crippen LogP) is 0.335. The molecule has 2 aromatic rings. The summed E-state index contributed by atoms with van der Waals surface area (Å²) in [6, 6.07) is 16.8. The number of rotatable bonds is 6. The van der Waals surface area contributed by atoms with Crippen molar-refractivity contribution in [2.45, 2.75) is 6.04 Å². The van der Waals surface area contributed by atoms with Gasteiger partial charge < -0.3 is 25.2 Å². The van der Waals surface area contributed by atoms with Gasteiger partial charge >= 0.3 is 11.8 Å². The van der Waals surface area contributed by atoms with E-state index in [4.69, 9.17) is 10.00 Å². The molecule has 1 atom stereocenters. The number of benzene rings is 2. The van der Waals surface area contributed by atoms with Gasteiger partial charge in [-0.25, -0.2) is 0 Å². The molecule has 2 aromatic carbocycles. The Labute approximate surface area is 182 Å². The molecule has 0 spiro atoms. The van der Waals surface area contributed by atoms with Gasteiger partial charge in [0.1, 0.15) is 25.2 Å². The molecule has 1 aliphatic heterocycles. The Kier molecular flexibility index (Phi) is 7.60. The Bertz CT molecular complexity index is 946. The number of hydrogen-bond acceptors (Lipinski definition) is 5. The van der Waals surface area contributed by atoms with E-state index in [1.807, 2.05) is 25.1 Å². The van der Waals surface area contributed by atoms with E-state index in [0.717, 1.165) is 24.3 Å². The third-order valence-corrected chi connectivity index (χ3v) is 5.41. The number of hydrogen-bond donors (Lipinski definition) is 3. The highest BCUT2D eigenvalue weighted by molar-refractivity contribution is 6.39. The number of morpholine rings is 1. The average Bonchev–Trinajstić information content (AvgIpc) is 2.80. The molecule has 0 aromatic heterocycles. The lowest BCUT2D eigenvalue weighted by Gasteiger charge is -2.32. The Hall–Kier alpha value is -3.41. The Morgan fingerprint density at radius 1 is 1.10 bits per heavy atom. The van der Waals surface area contributed by atoms with Gasteiger partial charge in [-0.3, -0.25) is 9.59 Å². The predicted molar refractivity (Wildman–Crippen MR) is 118 cm³/mol. The van der Waals surface area contributed by atoms with E-state index in [9.17, 15) is 9.59 Å². The third-order valence-electron chi connectivity index (χ3n) is 5.41. The van der Waals surface area contributed by atoms with E-state index < -0.39 is 11.8 Å². The van der Waals surface area contributed by atoms with Crippen molar-refractivity contribution < 1.29 is 19.2 Å². The summed E-state index contributed by atoms with van der Waals surface area (Å²) in [6.45, 7) is 3.32. The molecule has 8 nitrogen and oxygen atoms in total. The molecular weight excluding hydrogens is 394 g/mol. The molecule has 31 heavy (non-hydrogen) atoms. The molecule has 0 saturated carbocycles. The largest absolute Gasteiger partial charge is 0.378 e. The van der Waals surface area contributed by atoms with E-state index in [-0.39, 0.29) is 6.04 Å². The molecule has 1 aliphatic rings. The number of quaternary nitrogens is 1. The summed E-state index contributed by atoms with van der Waals surface area (Å²) in [4.78, 5) is 28.2. The number of para-hydroxylation sites is 1. The van der Waals surface area contributed by atoms with Crippen LogP contribution in [-0.2, 0) is 14.3 Å². The van der Waals surface area contributed by atoms with Crippen LogP contribution in [0.2, 0.25) is 0 Å². The van der Waals surface area contributed by atoms with E-state index in [1.165, 1.54) is 4.90 Å². The molecule has 2 amide bonds.